The van der Waals surface area contributed by atoms with Crippen molar-refractivity contribution in [3.8, 4) is 0 Å². The molecule has 0 unspecified atom stereocenters. The van der Waals surface area contributed by atoms with Crippen molar-refractivity contribution in [1.29, 1.82) is 0 Å². The molecule has 1 fully saturated rings. The standard InChI is InChI=1S/C21H20BrN3O3S/c22-18-7-2-6-16-17-13-24(10-8-19(17)23-20(16)18)21(26)14-4-1-5-15(12-14)25-9-3-11-29(25,27)28/h1-2,4-7,12,23H,3,8-11,13H2. The van der Waals surface area contributed by atoms with Crippen molar-refractivity contribution in [3.63, 3.8) is 0 Å². The molecule has 0 spiro atoms. The summed E-state index contributed by atoms with van der Waals surface area (Å²) in [5.74, 6) is 0.0920. The average Bonchev–Trinajstić information content (AvgIpc) is 3.27. The minimum Gasteiger partial charge on any atom is -0.357 e. The highest BCUT2D eigenvalue weighted by Crippen LogP contribution is 2.32. The smallest absolute Gasteiger partial charge is 0.254 e. The number of amides is 1. The molecule has 2 aliphatic rings. The molecule has 8 heteroatoms. The Balaban J connectivity index is 1.45. The highest BCUT2D eigenvalue weighted by molar-refractivity contribution is 9.10. The predicted molar refractivity (Wildman–Crippen MR) is 117 cm³/mol. The summed E-state index contributed by atoms with van der Waals surface area (Å²) in [6.07, 6.45) is 1.38. The second-order valence-corrected chi connectivity index (χ2v) is 10.4. The normalized spacial score (nSPS) is 18.2. The zero-order valence-electron chi connectivity index (χ0n) is 15.7. The first-order valence-corrected chi connectivity index (χ1v) is 12.0. The van der Waals surface area contributed by atoms with Gasteiger partial charge in [-0.15, -0.1) is 0 Å². The minimum absolute atomic E-state index is 0.0709. The number of carbonyl (C=O) groups is 1. The van der Waals surface area contributed by atoms with Gasteiger partial charge in [0.25, 0.3) is 5.91 Å². The van der Waals surface area contributed by atoms with E-state index in [9.17, 15) is 13.2 Å². The Hall–Kier alpha value is -2.32. The number of sulfonamides is 1. The molecule has 1 saturated heterocycles. The number of halogens is 1. The number of nitrogens with zero attached hydrogens (tertiary/aromatic N) is 2. The van der Waals surface area contributed by atoms with E-state index in [1.54, 1.807) is 24.3 Å². The summed E-state index contributed by atoms with van der Waals surface area (Å²) in [6, 6.07) is 13.1. The van der Waals surface area contributed by atoms with Crippen LogP contribution in [0.5, 0.6) is 0 Å². The van der Waals surface area contributed by atoms with Gasteiger partial charge in [-0.2, -0.15) is 0 Å². The Morgan fingerprint density at radius 3 is 2.72 bits per heavy atom. The number of fused-ring (bicyclic) bond motifs is 3. The summed E-state index contributed by atoms with van der Waals surface area (Å²) >= 11 is 3.59. The van der Waals surface area contributed by atoms with Gasteiger partial charge in [0, 0.05) is 52.7 Å². The lowest BCUT2D eigenvalue weighted by molar-refractivity contribution is 0.0735. The van der Waals surface area contributed by atoms with Crippen molar-refractivity contribution < 1.29 is 13.2 Å². The van der Waals surface area contributed by atoms with Crippen LogP contribution in [0.1, 0.15) is 28.0 Å². The maximum Gasteiger partial charge on any atom is 0.254 e. The van der Waals surface area contributed by atoms with Gasteiger partial charge in [-0.05, 0) is 46.6 Å². The summed E-state index contributed by atoms with van der Waals surface area (Å²) in [6.45, 7) is 1.64. The second-order valence-electron chi connectivity index (χ2n) is 7.51. The third-order valence-electron chi connectivity index (χ3n) is 5.73. The molecule has 3 aromatic rings. The van der Waals surface area contributed by atoms with Crippen molar-refractivity contribution in [2.45, 2.75) is 19.4 Å². The molecule has 0 atom stereocenters. The molecule has 1 aromatic heterocycles. The van der Waals surface area contributed by atoms with Gasteiger partial charge in [-0.25, -0.2) is 8.42 Å². The molecule has 1 amide bonds. The molecule has 0 saturated carbocycles. The molecule has 3 heterocycles. The number of H-pyrrole nitrogens is 1. The third-order valence-corrected chi connectivity index (χ3v) is 8.26. The molecule has 0 bridgehead atoms. The molecule has 2 aliphatic heterocycles. The first kappa shape index (κ1) is 18.7. The molecule has 6 nitrogen and oxygen atoms in total. The maximum atomic E-state index is 13.2. The molecule has 5 rings (SSSR count). The average molecular weight is 474 g/mol. The van der Waals surface area contributed by atoms with Crippen molar-refractivity contribution in [2.24, 2.45) is 0 Å². The lowest BCUT2D eigenvalue weighted by Crippen LogP contribution is -2.36. The fourth-order valence-corrected chi connectivity index (χ4v) is 6.30. The number of para-hydroxylation sites is 1. The number of carbonyl (C=O) groups excluding carboxylic acids is 1. The Bertz CT molecular complexity index is 1240. The first-order valence-electron chi connectivity index (χ1n) is 9.62. The van der Waals surface area contributed by atoms with E-state index in [1.807, 2.05) is 17.0 Å². The van der Waals surface area contributed by atoms with E-state index in [2.05, 4.69) is 27.0 Å². The van der Waals surface area contributed by atoms with E-state index in [-0.39, 0.29) is 11.7 Å². The number of hydrogen-bond donors (Lipinski definition) is 1. The van der Waals surface area contributed by atoms with Crippen LogP contribution in [0.25, 0.3) is 10.9 Å². The topological polar surface area (TPSA) is 73.5 Å². The van der Waals surface area contributed by atoms with E-state index >= 15 is 0 Å². The molecule has 1 N–H and O–H groups in total. The number of aromatic nitrogens is 1. The van der Waals surface area contributed by atoms with Gasteiger partial charge in [-0.3, -0.25) is 9.10 Å². The Morgan fingerprint density at radius 1 is 1.10 bits per heavy atom. The number of rotatable bonds is 2. The highest BCUT2D eigenvalue weighted by atomic mass is 79.9. The predicted octanol–water partition coefficient (Wildman–Crippen LogP) is 3.67. The van der Waals surface area contributed by atoms with Crippen molar-refractivity contribution >= 4 is 48.5 Å². The van der Waals surface area contributed by atoms with Gasteiger partial charge in [0.05, 0.1) is 17.0 Å². The van der Waals surface area contributed by atoms with Crippen LogP contribution < -0.4 is 4.31 Å². The minimum atomic E-state index is -3.27. The molecule has 2 aromatic carbocycles. The Labute approximate surface area is 177 Å². The van der Waals surface area contributed by atoms with E-state index in [1.165, 1.54) is 10.00 Å². The number of benzene rings is 2. The summed E-state index contributed by atoms with van der Waals surface area (Å²) in [4.78, 5) is 18.5. The van der Waals surface area contributed by atoms with Crippen LogP contribution in [0.15, 0.2) is 46.9 Å². The number of anilines is 1. The third kappa shape index (κ3) is 3.14. The fraction of sp³-hybridized carbons (Fsp3) is 0.286. The number of nitrogens with one attached hydrogen (secondary N) is 1. The van der Waals surface area contributed by atoms with Crippen LogP contribution in [0, 0.1) is 0 Å². The van der Waals surface area contributed by atoms with Crippen molar-refractivity contribution in [2.75, 3.05) is 23.1 Å². The highest BCUT2D eigenvalue weighted by Gasteiger charge is 2.30. The van der Waals surface area contributed by atoms with Crippen LogP contribution in [-0.2, 0) is 23.0 Å². The Morgan fingerprint density at radius 2 is 1.93 bits per heavy atom. The monoisotopic (exact) mass is 473 g/mol. The van der Waals surface area contributed by atoms with E-state index < -0.39 is 10.0 Å². The van der Waals surface area contributed by atoms with Gasteiger partial charge < -0.3 is 9.88 Å². The summed E-state index contributed by atoms with van der Waals surface area (Å²) in [7, 11) is -3.27. The van der Waals surface area contributed by atoms with E-state index in [0.29, 0.717) is 37.3 Å². The Kier molecular flexibility index (Phi) is 4.43. The zero-order valence-corrected chi connectivity index (χ0v) is 18.1. The lowest BCUT2D eigenvalue weighted by Gasteiger charge is -2.28. The van der Waals surface area contributed by atoms with Gasteiger partial charge in [0.1, 0.15) is 0 Å². The fourth-order valence-electron chi connectivity index (χ4n) is 4.28. The van der Waals surface area contributed by atoms with Gasteiger partial charge in [0.2, 0.25) is 10.0 Å². The van der Waals surface area contributed by atoms with Crippen LogP contribution in [0.3, 0.4) is 0 Å². The largest absolute Gasteiger partial charge is 0.357 e. The molecule has 150 valence electrons. The maximum absolute atomic E-state index is 13.2. The molecular weight excluding hydrogens is 454 g/mol. The van der Waals surface area contributed by atoms with Crippen LogP contribution in [0.4, 0.5) is 5.69 Å². The van der Waals surface area contributed by atoms with Gasteiger partial charge in [-0.1, -0.05) is 18.2 Å². The molecular formula is C21H20BrN3O3S. The number of hydrogen-bond acceptors (Lipinski definition) is 3. The summed E-state index contributed by atoms with van der Waals surface area (Å²) < 4.78 is 26.9. The molecule has 0 radical (unpaired) electrons. The summed E-state index contributed by atoms with van der Waals surface area (Å²) in [5, 5.41) is 1.13. The van der Waals surface area contributed by atoms with Crippen LogP contribution in [0.2, 0.25) is 0 Å². The lowest BCUT2D eigenvalue weighted by atomic mass is 10.0. The molecule has 29 heavy (non-hydrogen) atoms. The molecule has 0 aliphatic carbocycles. The van der Waals surface area contributed by atoms with Gasteiger partial charge in [0.15, 0.2) is 0 Å². The van der Waals surface area contributed by atoms with E-state index in [0.717, 1.165) is 27.4 Å². The number of aromatic amines is 1. The second kappa shape index (κ2) is 6.88. The first-order chi connectivity index (χ1) is 13.9. The van der Waals surface area contributed by atoms with Crippen molar-refractivity contribution in [3.05, 3.63) is 63.8 Å². The van der Waals surface area contributed by atoms with Crippen molar-refractivity contribution in [1.82, 2.24) is 9.88 Å². The summed E-state index contributed by atoms with van der Waals surface area (Å²) in [5.41, 5.74) is 4.48. The van der Waals surface area contributed by atoms with Crippen LogP contribution >= 0.6 is 15.9 Å². The van der Waals surface area contributed by atoms with E-state index in [4.69, 9.17) is 0 Å². The van der Waals surface area contributed by atoms with Gasteiger partial charge >= 0.3 is 0 Å². The SMILES string of the molecule is O=C(c1cccc(N2CCCS2(=O)=O)c1)N1CCc2[nH]c3c(Br)cccc3c2C1. The van der Waals surface area contributed by atoms with Crippen LogP contribution in [-0.4, -0.2) is 43.1 Å². The zero-order chi connectivity index (χ0) is 20.2. The quantitative estimate of drug-likeness (QED) is 0.616.